The van der Waals surface area contributed by atoms with Crippen LogP contribution in [-0.2, 0) is 4.79 Å². The van der Waals surface area contributed by atoms with E-state index in [1.807, 2.05) is 12.1 Å². The smallest absolute Gasteiger partial charge is 0.170 e. The summed E-state index contributed by atoms with van der Waals surface area (Å²) in [6.45, 7) is 0. The molecule has 0 aliphatic heterocycles. The van der Waals surface area contributed by atoms with Crippen LogP contribution in [0, 0.1) is 23.7 Å². The van der Waals surface area contributed by atoms with E-state index in [1.54, 1.807) is 0 Å². The molecule has 0 amide bonds. The number of carbonyl (C=O) groups excluding carboxylic acids is 1. The minimum atomic E-state index is 0.0279. The molecule has 0 heterocycles. The first-order chi connectivity index (χ1) is 11.7. The van der Waals surface area contributed by atoms with Gasteiger partial charge in [-0.25, -0.2) is 0 Å². The first-order valence-corrected chi connectivity index (χ1v) is 9.64. The van der Waals surface area contributed by atoms with Crippen LogP contribution < -0.4 is 4.52 Å². The molecule has 5 aliphatic rings. The SMILES string of the molecule is O=C1C(c2cc(OP)ccc2C2CC2)=C(O)C2C3CCC(CC3)C12. The van der Waals surface area contributed by atoms with Crippen LogP contribution in [0.2, 0.25) is 0 Å². The molecule has 4 heteroatoms. The highest BCUT2D eigenvalue weighted by Crippen LogP contribution is 2.58. The summed E-state index contributed by atoms with van der Waals surface area (Å²) < 4.78 is 5.31. The van der Waals surface area contributed by atoms with E-state index < -0.39 is 0 Å². The Kier molecular flexibility index (Phi) is 3.32. The van der Waals surface area contributed by atoms with Crippen molar-refractivity contribution < 1.29 is 14.4 Å². The zero-order valence-electron chi connectivity index (χ0n) is 13.7. The topological polar surface area (TPSA) is 46.5 Å². The molecule has 6 rings (SSSR count). The van der Waals surface area contributed by atoms with Gasteiger partial charge in [-0.1, -0.05) is 6.07 Å². The summed E-state index contributed by atoms with van der Waals surface area (Å²) in [5, 5.41) is 11.0. The molecule has 3 unspecified atom stereocenters. The number of rotatable bonds is 3. The van der Waals surface area contributed by atoms with Gasteiger partial charge in [-0.3, -0.25) is 4.79 Å². The average Bonchev–Trinajstić information content (AvgIpc) is 3.42. The largest absolute Gasteiger partial charge is 0.511 e. The number of ketones is 1. The maximum absolute atomic E-state index is 13.3. The summed E-state index contributed by atoms with van der Waals surface area (Å²) in [5.41, 5.74) is 2.74. The van der Waals surface area contributed by atoms with Gasteiger partial charge >= 0.3 is 0 Å². The van der Waals surface area contributed by atoms with E-state index in [2.05, 4.69) is 15.5 Å². The van der Waals surface area contributed by atoms with Gasteiger partial charge in [0, 0.05) is 11.8 Å². The Morgan fingerprint density at radius 2 is 1.67 bits per heavy atom. The average molecular weight is 342 g/mol. The van der Waals surface area contributed by atoms with E-state index in [4.69, 9.17) is 4.52 Å². The van der Waals surface area contributed by atoms with Crippen molar-refractivity contribution in [1.29, 1.82) is 0 Å². The van der Waals surface area contributed by atoms with Crippen molar-refractivity contribution in [3.63, 3.8) is 0 Å². The predicted molar refractivity (Wildman–Crippen MR) is 95.7 cm³/mol. The Morgan fingerprint density at radius 3 is 2.25 bits per heavy atom. The summed E-state index contributed by atoms with van der Waals surface area (Å²) >= 11 is 0. The van der Waals surface area contributed by atoms with Crippen molar-refractivity contribution >= 4 is 20.8 Å². The molecule has 3 atom stereocenters. The summed E-state index contributed by atoms with van der Waals surface area (Å²) in [7, 11) is 2.27. The molecular weight excluding hydrogens is 319 g/mol. The number of benzene rings is 1. The van der Waals surface area contributed by atoms with Gasteiger partial charge in [0.2, 0.25) is 0 Å². The Hall–Kier alpha value is -1.34. The number of allylic oxidation sites excluding steroid dienone is 2. The van der Waals surface area contributed by atoms with E-state index in [0.29, 0.717) is 29.1 Å². The van der Waals surface area contributed by atoms with Gasteiger partial charge in [-0.15, -0.1) is 0 Å². The van der Waals surface area contributed by atoms with Crippen LogP contribution in [0.25, 0.3) is 5.57 Å². The molecule has 0 radical (unpaired) electrons. The van der Waals surface area contributed by atoms with Gasteiger partial charge in [0.05, 0.1) is 15.0 Å². The third kappa shape index (κ3) is 2.03. The van der Waals surface area contributed by atoms with Crippen LogP contribution in [-0.4, -0.2) is 10.9 Å². The molecule has 0 aromatic heterocycles. The highest BCUT2D eigenvalue weighted by molar-refractivity contribution is 7.10. The maximum atomic E-state index is 13.3. The lowest BCUT2D eigenvalue weighted by atomic mass is 9.59. The molecule has 0 saturated heterocycles. The lowest BCUT2D eigenvalue weighted by Gasteiger charge is -2.44. The van der Waals surface area contributed by atoms with Gasteiger partial charge in [0.25, 0.3) is 0 Å². The molecule has 4 saturated carbocycles. The summed E-state index contributed by atoms with van der Waals surface area (Å²) in [6, 6.07) is 5.98. The molecule has 0 spiro atoms. The van der Waals surface area contributed by atoms with E-state index >= 15 is 0 Å². The summed E-state index contributed by atoms with van der Waals surface area (Å²) in [6.07, 6.45) is 6.99. The molecule has 1 N–H and O–H groups in total. The number of fused-ring (bicyclic) bond motifs is 2. The highest BCUT2D eigenvalue weighted by atomic mass is 31.0. The minimum absolute atomic E-state index is 0.0279. The molecule has 5 aliphatic carbocycles. The number of carbonyl (C=O) groups is 1. The van der Waals surface area contributed by atoms with Crippen molar-refractivity contribution in [2.75, 3.05) is 0 Å². The summed E-state index contributed by atoms with van der Waals surface area (Å²) in [4.78, 5) is 13.3. The number of Topliss-reactive ketones (excluding diaryl/α,β-unsaturated/α-hetero) is 1. The van der Waals surface area contributed by atoms with Gasteiger partial charge < -0.3 is 9.63 Å². The monoisotopic (exact) mass is 342 g/mol. The zero-order chi connectivity index (χ0) is 16.4. The molecule has 2 bridgehead atoms. The van der Waals surface area contributed by atoms with E-state index in [0.717, 1.165) is 24.2 Å². The van der Waals surface area contributed by atoms with Gasteiger partial charge in [0.1, 0.15) is 11.5 Å². The number of aliphatic hydroxyl groups is 1. The second-order valence-electron chi connectivity index (χ2n) is 7.99. The summed E-state index contributed by atoms with van der Waals surface area (Å²) in [5.74, 6) is 2.89. The van der Waals surface area contributed by atoms with Crippen LogP contribution in [0.4, 0.5) is 0 Å². The normalized spacial score (nSPS) is 34.6. The second-order valence-corrected chi connectivity index (χ2v) is 8.23. The number of hydrogen-bond acceptors (Lipinski definition) is 3. The third-order valence-corrected chi connectivity index (χ3v) is 7.06. The molecule has 4 fully saturated rings. The van der Waals surface area contributed by atoms with Crippen molar-refractivity contribution in [2.45, 2.75) is 44.4 Å². The second kappa shape index (κ2) is 5.33. The number of hydrogen-bond donors (Lipinski definition) is 1. The fraction of sp³-hybridized carbons (Fsp3) is 0.550. The fourth-order valence-electron chi connectivity index (χ4n) is 5.53. The van der Waals surface area contributed by atoms with Crippen molar-refractivity contribution in [3.05, 3.63) is 35.1 Å². The lowest BCUT2D eigenvalue weighted by Crippen LogP contribution is -2.41. The lowest BCUT2D eigenvalue weighted by molar-refractivity contribution is -0.123. The molecule has 3 nitrogen and oxygen atoms in total. The van der Waals surface area contributed by atoms with Crippen molar-refractivity contribution in [2.24, 2.45) is 23.7 Å². The Labute approximate surface area is 144 Å². The Balaban J connectivity index is 1.65. The fourth-order valence-corrected chi connectivity index (χ4v) is 5.67. The van der Waals surface area contributed by atoms with Crippen LogP contribution in [0.3, 0.4) is 0 Å². The van der Waals surface area contributed by atoms with Crippen LogP contribution in [0.1, 0.15) is 55.6 Å². The van der Waals surface area contributed by atoms with Crippen molar-refractivity contribution in [3.8, 4) is 5.75 Å². The molecule has 24 heavy (non-hydrogen) atoms. The zero-order valence-corrected chi connectivity index (χ0v) is 14.9. The standard InChI is InChI=1S/C20H23O3P/c21-19-16-11-3-4-12(6-5-11)17(16)20(22)18(19)15-9-13(23-24)7-8-14(15)10-1-2-10/h7-12,16-17,21H,1-6,24H2. The van der Waals surface area contributed by atoms with E-state index in [1.165, 1.54) is 31.2 Å². The first-order valence-electron chi connectivity index (χ1n) is 9.17. The van der Waals surface area contributed by atoms with E-state index in [9.17, 15) is 9.90 Å². The minimum Gasteiger partial charge on any atom is -0.511 e. The number of aliphatic hydroxyl groups excluding tert-OH is 1. The maximum Gasteiger partial charge on any atom is 0.170 e. The Morgan fingerprint density at radius 1 is 1.00 bits per heavy atom. The Bertz CT molecular complexity index is 741. The van der Waals surface area contributed by atoms with Gasteiger partial charge in [-0.2, -0.15) is 0 Å². The van der Waals surface area contributed by atoms with Crippen molar-refractivity contribution in [1.82, 2.24) is 0 Å². The molecule has 1 aromatic rings. The molecule has 126 valence electrons. The first kappa shape index (κ1) is 15.0. The molecule has 1 aromatic carbocycles. The quantitative estimate of drug-likeness (QED) is 0.814. The van der Waals surface area contributed by atoms with Crippen LogP contribution in [0.5, 0.6) is 5.75 Å². The highest BCUT2D eigenvalue weighted by Gasteiger charge is 2.54. The van der Waals surface area contributed by atoms with Gasteiger partial charge in [-0.05, 0) is 79.5 Å². The van der Waals surface area contributed by atoms with Crippen LogP contribution in [0.15, 0.2) is 24.0 Å². The molecular formula is C20H23O3P. The van der Waals surface area contributed by atoms with E-state index in [-0.39, 0.29) is 17.6 Å². The van der Waals surface area contributed by atoms with Gasteiger partial charge in [0.15, 0.2) is 5.78 Å². The predicted octanol–water partition coefficient (Wildman–Crippen LogP) is 4.64. The van der Waals surface area contributed by atoms with Crippen LogP contribution >= 0.6 is 9.47 Å². The third-order valence-electron chi connectivity index (χ3n) is 6.79.